The molecular weight excluding hydrogens is 375 g/mol. The van der Waals surface area contributed by atoms with Crippen LogP contribution in [0.2, 0.25) is 0 Å². The lowest BCUT2D eigenvalue weighted by molar-refractivity contribution is -0.147. The molecule has 1 saturated heterocycles. The summed E-state index contributed by atoms with van der Waals surface area (Å²) in [4.78, 5) is 26.2. The maximum absolute atomic E-state index is 12.9. The number of nitrogens with zero attached hydrogens (tertiary/aromatic N) is 4. The topological polar surface area (TPSA) is 72.2 Å². The van der Waals surface area contributed by atoms with E-state index in [0.29, 0.717) is 30.5 Å². The Labute approximate surface area is 159 Å². The summed E-state index contributed by atoms with van der Waals surface area (Å²) in [6.07, 6.45) is -3.77. The average Bonchev–Trinajstić information content (AvgIpc) is 2.91. The van der Waals surface area contributed by atoms with Crippen molar-refractivity contribution in [3.63, 3.8) is 0 Å². The Morgan fingerprint density at radius 2 is 1.96 bits per heavy atom. The van der Waals surface area contributed by atoms with Crippen LogP contribution in [0.4, 0.5) is 18.9 Å². The van der Waals surface area contributed by atoms with E-state index in [1.54, 1.807) is 0 Å². The molecule has 28 heavy (non-hydrogen) atoms. The molecule has 0 spiro atoms. The molecule has 1 aromatic heterocycles. The zero-order valence-corrected chi connectivity index (χ0v) is 15.7. The molecule has 0 bridgehead atoms. The van der Waals surface area contributed by atoms with Crippen LogP contribution in [-0.2, 0) is 18.0 Å². The number of likely N-dealkylation sites (tertiary alicyclic amines) is 1. The van der Waals surface area contributed by atoms with E-state index < -0.39 is 23.7 Å². The normalized spacial score (nSPS) is 16.3. The lowest BCUT2D eigenvalue weighted by atomic mass is 10.1. The number of aryl methyl sites for hydroxylation is 1. The van der Waals surface area contributed by atoms with Crippen molar-refractivity contribution in [3.8, 4) is 0 Å². The molecule has 0 radical (unpaired) electrons. The van der Waals surface area contributed by atoms with Gasteiger partial charge in [0.1, 0.15) is 0 Å². The molecule has 0 unspecified atom stereocenters. The fourth-order valence-corrected chi connectivity index (χ4v) is 3.39. The number of carbonyl (C=O) groups excluding carboxylic acids is 1. The lowest BCUT2D eigenvalue weighted by Crippen LogP contribution is -2.41. The maximum atomic E-state index is 12.9. The minimum absolute atomic E-state index is 0.154. The Bertz CT molecular complexity index is 911. The predicted octanol–water partition coefficient (Wildman–Crippen LogP) is 2.18. The molecule has 1 aromatic carbocycles. The summed E-state index contributed by atoms with van der Waals surface area (Å²) in [5, 5.41) is 6.33. The van der Waals surface area contributed by atoms with Gasteiger partial charge >= 0.3 is 11.9 Å². The third-order valence-electron chi connectivity index (χ3n) is 4.83. The summed E-state index contributed by atoms with van der Waals surface area (Å²) in [5.41, 5.74) is 0.986. The van der Waals surface area contributed by atoms with Crippen LogP contribution in [0.15, 0.2) is 29.1 Å². The van der Waals surface area contributed by atoms with Crippen molar-refractivity contribution in [3.05, 3.63) is 46.1 Å². The maximum Gasteiger partial charge on any atom is 0.451 e. The van der Waals surface area contributed by atoms with Crippen LogP contribution in [0.3, 0.4) is 0 Å². The SMILES string of the molecule is Cc1cccc(NC(=O)CN2CCC(n3nc(C(F)(F)F)n(C)c3=O)CC2)c1. The van der Waals surface area contributed by atoms with Crippen molar-refractivity contribution in [1.82, 2.24) is 19.2 Å². The Hall–Kier alpha value is -2.62. The van der Waals surface area contributed by atoms with Gasteiger partial charge in [-0.15, -0.1) is 5.10 Å². The van der Waals surface area contributed by atoms with Gasteiger partial charge in [0.05, 0.1) is 12.6 Å². The highest BCUT2D eigenvalue weighted by Gasteiger charge is 2.39. The van der Waals surface area contributed by atoms with Gasteiger partial charge in [-0.1, -0.05) is 12.1 Å². The smallest absolute Gasteiger partial charge is 0.325 e. The van der Waals surface area contributed by atoms with Gasteiger partial charge in [-0.2, -0.15) is 13.2 Å². The minimum Gasteiger partial charge on any atom is -0.325 e. The number of nitrogens with one attached hydrogen (secondary N) is 1. The average molecular weight is 397 g/mol. The van der Waals surface area contributed by atoms with E-state index >= 15 is 0 Å². The van der Waals surface area contributed by atoms with Gasteiger partial charge in [0.25, 0.3) is 0 Å². The minimum atomic E-state index is -4.67. The molecule has 10 heteroatoms. The number of rotatable bonds is 4. The van der Waals surface area contributed by atoms with E-state index in [0.717, 1.165) is 23.0 Å². The molecule has 1 N–H and O–H groups in total. The third kappa shape index (κ3) is 4.44. The number of aromatic nitrogens is 3. The second-order valence-corrected chi connectivity index (χ2v) is 7.03. The van der Waals surface area contributed by atoms with Crippen LogP contribution in [-0.4, -0.2) is 44.8 Å². The van der Waals surface area contributed by atoms with E-state index in [9.17, 15) is 22.8 Å². The molecule has 0 saturated carbocycles. The number of hydrogen-bond acceptors (Lipinski definition) is 4. The Kier molecular flexibility index (Phi) is 5.59. The highest BCUT2D eigenvalue weighted by atomic mass is 19.4. The Morgan fingerprint density at radius 1 is 1.29 bits per heavy atom. The van der Waals surface area contributed by atoms with Crippen molar-refractivity contribution < 1.29 is 18.0 Å². The van der Waals surface area contributed by atoms with Crippen molar-refractivity contribution in [2.75, 3.05) is 25.0 Å². The second-order valence-electron chi connectivity index (χ2n) is 7.03. The van der Waals surface area contributed by atoms with Gasteiger partial charge in [0, 0.05) is 25.8 Å². The monoisotopic (exact) mass is 397 g/mol. The highest BCUT2D eigenvalue weighted by molar-refractivity contribution is 5.92. The van der Waals surface area contributed by atoms with Crippen molar-refractivity contribution in [2.24, 2.45) is 7.05 Å². The number of amides is 1. The highest BCUT2D eigenvalue weighted by Crippen LogP contribution is 2.28. The van der Waals surface area contributed by atoms with Crippen LogP contribution in [0.1, 0.15) is 30.3 Å². The van der Waals surface area contributed by atoms with Gasteiger partial charge in [-0.3, -0.25) is 14.3 Å². The van der Waals surface area contributed by atoms with E-state index in [1.807, 2.05) is 36.1 Å². The first-order valence-corrected chi connectivity index (χ1v) is 8.97. The summed E-state index contributed by atoms with van der Waals surface area (Å²) in [6.45, 7) is 3.11. The molecule has 152 valence electrons. The summed E-state index contributed by atoms with van der Waals surface area (Å²) in [7, 11) is 1.07. The molecule has 1 aliphatic heterocycles. The molecule has 0 aliphatic carbocycles. The fourth-order valence-electron chi connectivity index (χ4n) is 3.39. The number of piperidine rings is 1. The molecule has 3 rings (SSSR count). The molecule has 1 amide bonds. The number of halogens is 3. The van der Waals surface area contributed by atoms with Crippen molar-refractivity contribution in [2.45, 2.75) is 32.0 Å². The molecule has 2 heterocycles. The summed E-state index contributed by atoms with van der Waals surface area (Å²) in [6, 6.07) is 7.06. The van der Waals surface area contributed by atoms with E-state index in [4.69, 9.17) is 0 Å². The first-order chi connectivity index (χ1) is 13.1. The van der Waals surface area contributed by atoms with Crippen LogP contribution >= 0.6 is 0 Å². The first-order valence-electron chi connectivity index (χ1n) is 8.97. The Balaban J connectivity index is 1.58. The van der Waals surface area contributed by atoms with Crippen LogP contribution < -0.4 is 11.0 Å². The largest absolute Gasteiger partial charge is 0.451 e. The zero-order chi connectivity index (χ0) is 20.5. The van der Waals surface area contributed by atoms with Gasteiger partial charge in [0.2, 0.25) is 11.7 Å². The van der Waals surface area contributed by atoms with Crippen LogP contribution in [0.25, 0.3) is 0 Å². The quantitative estimate of drug-likeness (QED) is 0.859. The molecule has 2 aromatic rings. The number of anilines is 1. The summed E-state index contributed by atoms with van der Waals surface area (Å²) < 4.78 is 40.2. The van der Waals surface area contributed by atoms with Crippen LogP contribution in [0.5, 0.6) is 0 Å². The summed E-state index contributed by atoms with van der Waals surface area (Å²) in [5.74, 6) is -1.35. The molecule has 1 fully saturated rings. The molecule has 7 nitrogen and oxygen atoms in total. The van der Waals surface area contributed by atoms with E-state index in [2.05, 4.69) is 10.4 Å². The molecular formula is C18H22F3N5O2. The second kappa shape index (κ2) is 7.78. The van der Waals surface area contributed by atoms with Gasteiger partial charge in [0.15, 0.2) is 0 Å². The number of benzene rings is 1. The summed E-state index contributed by atoms with van der Waals surface area (Å²) >= 11 is 0. The van der Waals surface area contributed by atoms with Gasteiger partial charge < -0.3 is 5.32 Å². The standard InChI is InChI=1S/C18H22F3N5O2/c1-12-4-3-5-13(10-12)22-15(27)11-25-8-6-14(7-9-25)26-17(28)24(2)16(23-26)18(19,20)21/h3-5,10,14H,6-9,11H2,1-2H3,(H,22,27). The number of alkyl halides is 3. The zero-order valence-electron chi connectivity index (χ0n) is 15.7. The molecule has 1 aliphatic rings. The number of carbonyl (C=O) groups is 1. The van der Waals surface area contributed by atoms with Crippen LogP contribution in [0, 0.1) is 6.92 Å². The predicted molar refractivity (Wildman–Crippen MR) is 97.0 cm³/mol. The third-order valence-corrected chi connectivity index (χ3v) is 4.83. The Morgan fingerprint density at radius 3 is 2.54 bits per heavy atom. The van der Waals surface area contributed by atoms with Crippen molar-refractivity contribution >= 4 is 11.6 Å². The fraction of sp³-hybridized carbons (Fsp3) is 0.500. The number of hydrogen-bond donors (Lipinski definition) is 1. The van der Waals surface area contributed by atoms with E-state index in [-0.39, 0.29) is 12.5 Å². The van der Waals surface area contributed by atoms with E-state index in [1.165, 1.54) is 0 Å². The molecule has 0 atom stereocenters. The first kappa shape index (κ1) is 20.1. The van der Waals surface area contributed by atoms with Gasteiger partial charge in [-0.05, 0) is 37.5 Å². The van der Waals surface area contributed by atoms with Gasteiger partial charge in [-0.25, -0.2) is 9.48 Å². The van der Waals surface area contributed by atoms with Crippen molar-refractivity contribution in [1.29, 1.82) is 0 Å². The lowest BCUT2D eigenvalue weighted by Gasteiger charge is -2.31.